The molecule has 4 nitrogen and oxygen atoms in total. The highest BCUT2D eigenvalue weighted by molar-refractivity contribution is 5.79. The number of hydrogen-bond donors (Lipinski definition) is 2. The number of imidazole rings is 1. The molecule has 4 heteroatoms. The van der Waals surface area contributed by atoms with Crippen molar-refractivity contribution in [1.82, 2.24) is 15.3 Å². The molecule has 1 aromatic heterocycles. The minimum Gasteiger partial charge on any atom is -0.356 e. The molecule has 1 aliphatic carbocycles. The van der Waals surface area contributed by atoms with E-state index in [4.69, 9.17) is 0 Å². The lowest BCUT2D eigenvalue weighted by Gasteiger charge is -2.10. The fourth-order valence-electron chi connectivity index (χ4n) is 2.80. The maximum Gasteiger partial charge on any atom is 0.223 e. The van der Waals surface area contributed by atoms with Gasteiger partial charge in [-0.15, -0.1) is 0 Å². The number of nitrogens with zero attached hydrogens (tertiary/aromatic N) is 1. The van der Waals surface area contributed by atoms with Crippen LogP contribution in [0, 0.1) is 5.92 Å². The molecule has 0 saturated heterocycles. The van der Waals surface area contributed by atoms with Gasteiger partial charge in [-0.25, -0.2) is 4.98 Å². The topological polar surface area (TPSA) is 57.8 Å². The van der Waals surface area contributed by atoms with Gasteiger partial charge in [-0.1, -0.05) is 18.9 Å². The van der Waals surface area contributed by atoms with Crippen LogP contribution in [-0.2, 0) is 11.2 Å². The largest absolute Gasteiger partial charge is 0.356 e. The second kappa shape index (κ2) is 5.43. The summed E-state index contributed by atoms with van der Waals surface area (Å²) < 4.78 is 0. The molecule has 0 unspecified atom stereocenters. The molecule has 2 N–H and O–H groups in total. The molecule has 0 atom stereocenters. The lowest BCUT2D eigenvalue weighted by Crippen LogP contribution is -2.30. The molecule has 2 aromatic rings. The van der Waals surface area contributed by atoms with Crippen LogP contribution in [0.25, 0.3) is 11.0 Å². The summed E-state index contributed by atoms with van der Waals surface area (Å²) in [7, 11) is 0. The summed E-state index contributed by atoms with van der Waals surface area (Å²) in [5.74, 6) is 0.496. The predicted octanol–water partition coefficient (Wildman–Crippen LogP) is 2.41. The minimum absolute atomic E-state index is 0.236. The fraction of sp³-hybridized carbons (Fsp3) is 0.467. The van der Waals surface area contributed by atoms with Crippen molar-refractivity contribution >= 4 is 16.9 Å². The minimum atomic E-state index is 0.236. The van der Waals surface area contributed by atoms with Gasteiger partial charge in [0.05, 0.1) is 17.4 Å². The molecule has 1 saturated carbocycles. The molecule has 1 fully saturated rings. The third-order valence-corrected chi connectivity index (χ3v) is 3.92. The van der Waals surface area contributed by atoms with Crippen molar-refractivity contribution in [2.45, 2.75) is 32.1 Å². The van der Waals surface area contributed by atoms with E-state index in [-0.39, 0.29) is 11.8 Å². The zero-order valence-corrected chi connectivity index (χ0v) is 11.0. The van der Waals surface area contributed by atoms with Gasteiger partial charge in [-0.3, -0.25) is 4.79 Å². The van der Waals surface area contributed by atoms with Crippen LogP contribution in [0.4, 0.5) is 0 Å². The Morgan fingerprint density at radius 2 is 2.21 bits per heavy atom. The van der Waals surface area contributed by atoms with Crippen molar-refractivity contribution in [3.63, 3.8) is 0 Å². The van der Waals surface area contributed by atoms with Crippen molar-refractivity contribution in [2.75, 3.05) is 6.54 Å². The average Bonchev–Trinajstić information content (AvgIpc) is 3.09. The Bertz CT molecular complexity index is 570. The quantitative estimate of drug-likeness (QED) is 0.883. The molecule has 0 radical (unpaired) electrons. The molecule has 3 rings (SSSR count). The van der Waals surface area contributed by atoms with Gasteiger partial charge in [0.1, 0.15) is 0 Å². The number of nitrogens with one attached hydrogen (secondary N) is 2. The normalized spacial score (nSPS) is 16.0. The Morgan fingerprint density at radius 1 is 1.37 bits per heavy atom. The number of amides is 1. The van der Waals surface area contributed by atoms with E-state index in [1.165, 1.54) is 18.4 Å². The third-order valence-electron chi connectivity index (χ3n) is 3.92. The lowest BCUT2D eigenvalue weighted by atomic mass is 10.1. The van der Waals surface area contributed by atoms with Crippen LogP contribution in [0.3, 0.4) is 0 Å². The SMILES string of the molecule is O=C(NCCc1ccc2nc[nH]c2c1)C1CCCC1. The van der Waals surface area contributed by atoms with Crippen molar-refractivity contribution < 1.29 is 4.79 Å². The summed E-state index contributed by atoms with van der Waals surface area (Å²) in [5.41, 5.74) is 3.27. The summed E-state index contributed by atoms with van der Waals surface area (Å²) in [6.45, 7) is 0.717. The molecule has 1 amide bonds. The highest BCUT2D eigenvalue weighted by Gasteiger charge is 2.21. The summed E-state index contributed by atoms with van der Waals surface area (Å²) in [6, 6.07) is 6.19. The van der Waals surface area contributed by atoms with Crippen LogP contribution in [-0.4, -0.2) is 22.4 Å². The smallest absolute Gasteiger partial charge is 0.223 e. The van der Waals surface area contributed by atoms with Gasteiger partial charge in [-0.2, -0.15) is 0 Å². The summed E-state index contributed by atoms with van der Waals surface area (Å²) in [6.07, 6.45) is 7.10. The average molecular weight is 257 g/mol. The number of carbonyl (C=O) groups is 1. The molecule has 1 heterocycles. The molecule has 1 aromatic carbocycles. The van der Waals surface area contributed by atoms with Crippen LogP contribution in [0.2, 0.25) is 0 Å². The van der Waals surface area contributed by atoms with Gasteiger partial charge in [-0.05, 0) is 37.0 Å². The Hall–Kier alpha value is -1.84. The Balaban J connectivity index is 1.52. The Labute approximate surface area is 112 Å². The van der Waals surface area contributed by atoms with Gasteiger partial charge >= 0.3 is 0 Å². The number of rotatable bonds is 4. The summed E-state index contributed by atoms with van der Waals surface area (Å²) in [5, 5.41) is 3.05. The molecule has 0 spiro atoms. The van der Waals surface area contributed by atoms with E-state index in [1.807, 2.05) is 6.07 Å². The maximum absolute atomic E-state index is 11.9. The molecule has 100 valence electrons. The first-order chi connectivity index (χ1) is 9.33. The van der Waals surface area contributed by atoms with Crippen LogP contribution in [0.5, 0.6) is 0 Å². The van der Waals surface area contributed by atoms with Gasteiger partial charge in [0.25, 0.3) is 0 Å². The van der Waals surface area contributed by atoms with Crippen LogP contribution in [0.1, 0.15) is 31.2 Å². The molecular weight excluding hydrogens is 238 g/mol. The van der Waals surface area contributed by atoms with Crippen molar-refractivity contribution in [3.8, 4) is 0 Å². The van der Waals surface area contributed by atoms with Crippen molar-refractivity contribution in [3.05, 3.63) is 30.1 Å². The van der Waals surface area contributed by atoms with Crippen LogP contribution in [0.15, 0.2) is 24.5 Å². The van der Waals surface area contributed by atoms with E-state index < -0.39 is 0 Å². The van der Waals surface area contributed by atoms with E-state index in [0.717, 1.165) is 36.8 Å². The van der Waals surface area contributed by atoms with Crippen LogP contribution >= 0.6 is 0 Å². The molecule has 0 aliphatic heterocycles. The van der Waals surface area contributed by atoms with Crippen molar-refractivity contribution in [2.24, 2.45) is 5.92 Å². The standard InChI is InChI=1S/C15H19N3O/c19-15(12-3-1-2-4-12)16-8-7-11-5-6-13-14(9-11)18-10-17-13/h5-6,9-10,12H,1-4,7-8H2,(H,16,19)(H,17,18). The summed E-state index contributed by atoms with van der Waals surface area (Å²) in [4.78, 5) is 19.2. The highest BCUT2D eigenvalue weighted by Crippen LogP contribution is 2.24. The first-order valence-electron chi connectivity index (χ1n) is 7.02. The summed E-state index contributed by atoms with van der Waals surface area (Å²) >= 11 is 0. The zero-order chi connectivity index (χ0) is 13.1. The molecular formula is C15H19N3O. The fourth-order valence-corrected chi connectivity index (χ4v) is 2.80. The van der Waals surface area contributed by atoms with Gasteiger partial charge in [0.2, 0.25) is 5.91 Å². The number of aromatic nitrogens is 2. The van der Waals surface area contributed by atoms with E-state index in [1.54, 1.807) is 6.33 Å². The Morgan fingerprint density at radius 3 is 3.05 bits per heavy atom. The van der Waals surface area contributed by atoms with E-state index in [2.05, 4.69) is 27.4 Å². The first-order valence-corrected chi connectivity index (χ1v) is 7.02. The van der Waals surface area contributed by atoms with E-state index in [9.17, 15) is 4.79 Å². The number of carbonyl (C=O) groups excluding carboxylic acids is 1. The number of hydrogen-bond acceptors (Lipinski definition) is 2. The number of H-pyrrole nitrogens is 1. The predicted molar refractivity (Wildman–Crippen MR) is 74.8 cm³/mol. The highest BCUT2D eigenvalue weighted by atomic mass is 16.1. The van der Waals surface area contributed by atoms with Crippen molar-refractivity contribution in [1.29, 1.82) is 0 Å². The number of aromatic amines is 1. The number of benzene rings is 1. The van der Waals surface area contributed by atoms with Gasteiger partial charge in [0, 0.05) is 12.5 Å². The maximum atomic E-state index is 11.9. The zero-order valence-electron chi connectivity index (χ0n) is 11.0. The number of fused-ring (bicyclic) bond motifs is 1. The first kappa shape index (κ1) is 12.2. The second-order valence-corrected chi connectivity index (χ2v) is 5.28. The Kier molecular flexibility index (Phi) is 3.49. The van der Waals surface area contributed by atoms with Gasteiger partial charge in [0.15, 0.2) is 0 Å². The van der Waals surface area contributed by atoms with E-state index in [0.29, 0.717) is 0 Å². The molecule has 19 heavy (non-hydrogen) atoms. The lowest BCUT2D eigenvalue weighted by molar-refractivity contribution is -0.124. The van der Waals surface area contributed by atoms with E-state index >= 15 is 0 Å². The van der Waals surface area contributed by atoms with Crippen LogP contribution < -0.4 is 5.32 Å². The monoisotopic (exact) mass is 257 g/mol. The molecule has 1 aliphatic rings. The third kappa shape index (κ3) is 2.78. The van der Waals surface area contributed by atoms with Gasteiger partial charge < -0.3 is 10.3 Å². The molecule has 0 bridgehead atoms. The second-order valence-electron chi connectivity index (χ2n) is 5.28.